The topological polar surface area (TPSA) is 98.3 Å². The van der Waals surface area contributed by atoms with Gasteiger partial charge < -0.3 is 11.1 Å². The molecule has 6 nitrogen and oxygen atoms in total. The fourth-order valence-electron chi connectivity index (χ4n) is 1.37. The number of nitro groups is 1. The summed E-state index contributed by atoms with van der Waals surface area (Å²) in [5.74, 6) is -0.488. The standard InChI is InChI=1S/C12H16ClN3O3/c1-12(2,3)10(14)11(17)15-8-6-7(13)4-5-9(8)16(18)19/h4-6,10H,14H2,1-3H3,(H,15,17)/t10-/m0/s1. The molecular formula is C12H16ClN3O3. The summed E-state index contributed by atoms with van der Waals surface area (Å²) in [6.07, 6.45) is 0. The van der Waals surface area contributed by atoms with E-state index in [-0.39, 0.29) is 11.4 Å². The van der Waals surface area contributed by atoms with E-state index in [4.69, 9.17) is 17.3 Å². The molecule has 1 aromatic rings. The van der Waals surface area contributed by atoms with E-state index in [1.54, 1.807) is 0 Å². The maximum atomic E-state index is 11.9. The maximum Gasteiger partial charge on any atom is 0.292 e. The first-order chi connectivity index (χ1) is 8.62. The van der Waals surface area contributed by atoms with E-state index in [9.17, 15) is 14.9 Å². The summed E-state index contributed by atoms with van der Waals surface area (Å²) in [4.78, 5) is 22.2. The monoisotopic (exact) mass is 285 g/mol. The summed E-state index contributed by atoms with van der Waals surface area (Å²) in [5.41, 5.74) is 5.16. The van der Waals surface area contributed by atoms with Crippen molar-refractivity contribution in [2.75, 3.05) is 5.32 Å². The van der Waals surface area contributed by atoms with Crippen molar-refractivity contribution in [3.05, 3.63) is 33.3 Å². The van der Waals surface area contributed by atoms with Crippen molar-refractivity contribution in [2.45, 2.75) is 26.8 Å². The highest BCUT2D eigenvalue weighted by atomic mass is 35.5. The predicted molar refractivity (Wildman–Crippen MR) is 74.2 cm³/mol. The van der Waals surface area contributed by atoms with E-state index in [0.29, 0.717) is 5.02 Å². The molecule has 0 saturated carbocycles. The van der Waals surface area contributed by atoms with Gasteiger partial charge in [-0.3, -0.25) is 14.9 Å². The smallest absolute Gasteiger partial charge is 0.292 e. The summed E-state index contributed by atoms with van der Waals surface area (Å²) in [6, 6.07) is 3.16. The molecule has 0 aliphatic heterocycles. The molecule has 7 heteroatoms. The van der Waals surface area contributed by atoms with Crippen molar-refractivity contribution in [1.29, 1.82) is 0 Å². The van der Waals surface area contributed by atoms with Crippen LogP contribution in [0.25, 0.3) is 0 Å². The van der Waals surface area contributed by atoms with Gasteiger partial charge in [0.1, 0.15) is 5.69 Å². The highest BCUT2D eigenvalue weighted by molar-refractivity contribution is 6.31. The fraction of sp³-hybridized carbons (Fsp3) is 0.417. The molecule has 0 aromatic heterocycles. The summed E-state index contributed by atoms with van der Waals surface area (Å²) < 4.78 is 0. The molecule has 0 bridgehead atoms. The number of hydrogen-bond acceptors (Lipinski definition) is 4. The van der Waals surface area contributed by atoms with Crippen LogP contribution in [0.1, 0.15) is 20.8 Å². The van der Waals surface area contributed by atoms with Crippen LogP contribution < -0.4 is 11.1 Å². The first kappa shape index (κ1) is 15.4. The second-order valence-corrected chi connectivity index (χ2v) is 5.69. The molecule has 1 atom stereocenters. The van der Waals surface area contributed by atoms with Crippen LogP contribution in [0, 0.1) is 15.5 Å². The Morgan fingerprint density at radius 3 is 2.53 bits per heavy atom. The van der Waals surface area contributed by atoms with E-state index in [2.05, 4.69) is 5.32 Å². The van der Waals surface area contributed by atoms with Gasteiger partial charge in [0, 0.05) is 11.1 Å². The minimum Gasteiger partial charge on any atom is -0.319 e. The van der Waals surface area contributed by atoms with Crippen LogP contribution in [-0.4, -0.2) is 16.9 Å². The van der Waals surface area contributed by atoms with Crippen molar-refractivity contribution in [2.24, 2.45) is 11.1 Å². The Hall–Kier alpha value is -1.66. The van der Waals surface area contributed by atoms with Crippen LogP contribution in [0.4, 0.5) is 11.4 Å². The van der Waals surface area contributed by atoms with Crippen molar-refractivity contribution in [3.8, 4) is 0 Å². The van der Waals surface area contributed by atoms with Gasteiger partial charge in [0.15, 0.2) is 0 Å². The van der Waals surface area contributed by atoms with Crippen LogP contribution in [0.3, 0.4) is 0 Å². The third-order valence-corrected chi connectivity index (χ3v) is 2.86. The quantitative estimate of drug-likeness (QED) is 0.658. The number of rotatable bonds is 3. The lowest BCUT2D eigenvalue weighted by atomic mass is 9.87. The molecule has 0 spiro atoms. The Labute approximate surface area is 116 Å². The Bertz CT molecular complexity index is 511. The normalized spacial score (nSPS) is 12.9. The van der Waals surface area contributed by atoms with Crippen LogP contribution in [-0.2, 0) is 4.79 Å². The molecule has 0 aliphatic carbocycles. The SMILES string of the molecule is CC(C)(C)[C@@H](N)C(=O)Nc1cc(Cl)ccc1[N+](=O)[O-]. The number of carbonyl (C=O) groups is 1. The number of hydrogen-bond donors (Lipinski definition) is 2. The summed E-state index contributed by atoms with van der Waals surface area (Å²) in [6.45, 7) is 5.43. The molecule has 1 rings (SSSR count). The van der Waals surface area contributed by atoms with Gasteiger partial charge in [-0.05, 0) is 17.5 Å². The first-order valence-electron chi connectivity index (χ1n) is 5.63. The average molecular weight is 286 g/mol. The lowest BCUT2D eigenvalue weighted by molar-refractivity contribution is -0.383. The van der Waals surface area contributed by atoms with Gasteiger partial charge in [-0.2, -0.15) is 0 Å². The Morgan fingerprint density at radius 2 is 2.05 bits per heavy atom. The van der Waals surface area contributed by atoms with Gasteiger partial charge in [0.2, 0.25) is 5.91 Å². The van der Waals surface area contributed by atoms with Crippen LogP contribution in [0.2, 0.25) is 5.02 Å². The van der Waals surface area contributed by atoms with Crippen LogP contribution >= 0.6 is 11.6 Å². The molecule has 1 aromatic carbocycles. The highest BCUT2D eigenvalue weighted by Crippen LogP contribution is 2.28. The second-order valence-electron chi connectivity index (χ2n) is 5.25. The zero-order valence-electron chi connectivity index (χ0n) is 10.9. The van der Waals surface area contributed by atoms with E-state index in [1.165, 1.54) is 18.2 Å². The number of nitrogens with zero attached hydrogens (tertiary/aromatic N) is 1. The third kappa shape index (κ3) is 3.90. The number of anilines is 1. The molecule has 0 unspecified atom stereocenters. The number of carbonyl (C=O) groups excluding carboxylic acids is 1. The number of benzene rings is 1. The Balaban J connectivity index is 3.02. The predicted octanol–water partition coefficient (Wildman–Crippen LogP) is 2.56. The summed E-state index contributed by atoms with van der Waals surface area (Å²) in [7, 11) is 0. The molecular weight excluding hydrogens is 270 g/mol. The molecule has 0 radical (unpaired) electrons. The van der Waals surface area contributed by atoms with E-state index in [0.717, 1.165) is 0 Å². The minimum atomic E-state index is -0.786. The highest BCUT2D eigenvalue weighted by Gasteiger charge is 2.28. The van der Waals surface area contributed by atoms with Crippen LogP contribution in [0.5, 0.6) is 0 Å². The minimum absolute atomic E-state index is 0.0437. The number of nitro benzene ring substituents is 1. The van der Waals surface area contributed by atoms with Crippen molar-refractivity contribution in [1.82, 2.24) is 0 Å². The molecule has 104 valence electrons. The summed E-state index contributed by atoms with van der Waals surface area (Å²) in [5, 5.41) is 13.6. The largest absolute Gasteiger partial charge is 0.319 e. The van der Waals surface area contributed by atoms with Gasteiger partial charge >= 0.3 is 0 Å². The van der Waals surface area contributed by atoms with Crippen LogP contribution in [0.15, 0.2) is 18.2 Å². The molecule has 0 fully saturated rings. The van der Waals surface area contributed by atoms with E-state index >= 15 is 0 Å². The van der Waals surface area contributed by atoms with E-state index < -0.39 is 22.3 Å². The maximum absolute atomic E-state index is 11.9. The molecule has 3 N–H and O–H groups in total. The molecule has 0 saturated heterocycles. The average Bonchev–Trinajstić information content (AvgIpc) is 2.26. The Morgan fingerprint density at radius 1 is 1.47 bits per heavy atom. The lowest BCUT2D eigenvalue weighted by Crippen LogP contribution is -2.45. The Kier molecular flexibility index (Phi) is 4.49. The number of nitrogens with one attached hydrogen (secondary N) is 1. The third-order valence-electron chi connectivity index (χ3n) is 2.63. The van der Waals surface area contributed by atoms with Gasteiger partial charge in [0.25, 0.3) is 5.69 Å². The summed E-state index contributed by atoms with van der Waals surface area (Å²) >= 11 is 5.77. The molecule has 1 amide bonds. The van der Waals surface area contributed by atoms with Crippen molar-refractivity contribution >= 4 is 28.9 Å². The second kappa shape index (κ2) is 5.54. The number of nitrogens with two attached hydrogens (primary N) is 1. The van der Waals surface area contributed by atoms with Gasteiger partial charge in [-0.1, -0.05) is 32.4 Å². The van der Waals surface area contributed by atoms with Gasteiger partial charge in [-0.15, -0.1) is 0 Å². The lowest BCUT2D eigenvalue weighted by Gasteiger charge is -2.25. The van der Waals surface area contributed by atoms with Gasteiger partial charge in [0.05, 0.1) is 11.0 Å². The zero-order valence-corrected chi connectivity index (χ0v) is 11.7. The fourth-order valence-corrected chi connectivity index (χ4v) is 1.54. The molecule has 0 aliphatic rings. The van der Waals surface area contributed by atoms with Crippen molar-refractivity contribution in [3.63, 3.8) is 0 Å². The van der Waals surface area contributed by atoms with E-state index in [1.807, 2.05) is 20.8 Å². The van der Waals surface area contributed by atoms with Crippen molar-refractivity contribution < 1.29 is 9.72 Å². The van der Waals surface area contributed by atoms with Gasteiger partial charge in [-0.25, -0.2) is 0 Å². The molecule has 19 heavy (non-hydrogen) atoms. The molecule has 0 heterocycles. The number of halogens is 1. The number of amides is 1. The zero-order chi connectivity index (χ0) is 14.8. The first-order valence-corrected chi connectivity index (χ1v) is 6.01.